The minimum absolute atomic E-state index is 0.0140. The molecule has 0 saturated carbocycles. The van der Waals surface area contributed by atoms with Crippen LogP contribution < -0.4 is 11.1 Å². The third kappa shape index (κ3) is 5.47. The lowest BCUT2D eigenvalue weighted by Crippen LogP contribution is -2.53. The molecule has 11 nitrogen and oxygen atoms in total. The van der Waals surface area contributed by atoms with Gasteiger partial charge in [-0.1, -0.05) is 0 Å². The lowest BCUT2D eigenvalue weighted by atomic mass is 9.90. The first-order valence-corrected chi connectivity index (χ1v) is 12.2. The van der Waals surface area contributed by atoms with Crippen molar-refractivity contribution in [3.63, 3.8) is 0 Å². The molecule has 2 aromatic heterocycles. The number of nitrogens with two attached hydrogens (primary N) is 1. The molecule has 5 rings (SSSR count). The van der Waals surface area contributed by atoms with Gasteiger partial charge in [-0.2, -0.15) is 0 Å². The number of ether oxygens (including phenoxy) is 3. The standard InChI is InChI=1S/C25H30FN7O4/c1-25(23(34)33-10-12-35-13-11-33)14-36-22(37-15-25)21-31-19(16-2-4-17(26)5-3-16)20(32-21)18-6-8-28-24(30-18)29-9-7-27/h2-6,8,22H,7,9-15,27H2,1H3,(H,31,32)(H,28,29,30). The number of carbonyl (C=O) groups is 1. The van der Waals surface area contributed by atoms with Crippen LogP contribution in [-0.2, 0) is 19.0 Å². The van der Waals surface area contributed by atoms with Crippen molar-refractivity contribution >= 4 is 11.9 Å². The smallest absolute Gasteiger partial charge is 0.233 e. The molecule has 12 heteroatoms. The van der Waals surface area contributed by atoms with Crippen molar-refractivity contribution in [2.24, 2.45) is 11.1 Å². The maximum Gasteiger partial charge on any atom is 0.233 e. The highest BCUT2D eigenvalue weighted by Gasteiger charge is 2.43. The summed E-state index contributed by atoms with van der Waals surface area (Å²) in [4.78, 5) is 31.7. The molecule has 0 bridgehead atoms. The van der Waals surface area contributed by atoms with Gasteiger partial charge in [-0.3, -0.25) is 4.79 Å². The summed E-state index contributed by atoms with van der Waals surface area (Å²) >= 11 is 0. The van der Waals surface area contributed by atoms with Gasteiger partial charge in [0.05, 0.1) is 48.9 Å². The fourth-order valence-electron chi connectivity index (χ4n) is 4.31. The van der Waals surface area contributed by atoms with Crippen molar-refractivity contribution in [3.8, 4) is 22.6 Å². The highest BCUT2D eigenvalue weighted by molar-refractivity contribution is 5.83. The Labute approximate surface area is 213 Å². The topological polar surface area (TPSA) is 141 Å². The van der Waals surface area contributed by atoms with Crippen LogP contribution in [0.15, 0.2) is 36.5 Å². The number of aromatic nitrogens is 4. The van der Waals surface area contributed by atoms with E-state index in [9.17, 15) is 9.18 Å². The van der Waals surface area contributed by atoms with Crippen molar-refractivity contribution in [1.82, 2.24) is 24.8 Å². The SMILES string of the molecule is CC1(C(=O)N2CCOCC2)COC(c2nc(-c3ccc(F)cc3)c(-c3ccnc(NCCN)n3)[nH]2)OC1. The number of halogens is 1. The Bertz CT molecular complexity index is 1220. The summed E-state index contributed by atoms with van der Waals surface area (Å²) in [6.45, 7) is 5.32. The van der Waals surface area contributed by atoms with Crippen LogP contribution >= 0.6 is 0 Å². The van der Waals surface area contributed by atoms with Crippen molar-refractivity contribution in [2.75, 3.05) is 57.9 Å². The summed E-state index contributed by atoms with van der Waals surface area (Å²) in [7, 11) is 0. The molecule has 4 heterocycles. The second-order valence-electron chi connectivity index (χ2n) is 9.25. The molecule has 2 aliphatic heterocycles. The number of morpholine rings is 1. The monoisotopic (exact) mass is 511 g/mol. The lowest BCUT2D eigenvalue weighted by Gasteiger charge is -2.39. The molecule has 1 aromatic carbocycles. The zero-order valence-corrected chi connectivity index (χ0v) is 20.6. The van der Waals surface area contributed by atoms with Gasteiger partial charge >= 0.3 is 0 Å². The van der Waals surface area contributed by atoms with E-state index in [2.05, 4.69) is 20.3 Å². The molecule has 0 unspecified atom stereocenters. The van der Waals surface area contributed by atoms with Gasteiger partial charge in [0.15, 0.2) is 5.82 Å². The van der Waals surface area contributed by atoms with Crippen molar-refractivity contribution in [1.29, 1.82) is 0 Å². The molecule has 0 atom stereocenters. The summed E-state index contributed by atoms with van der Waals surface area (Å²) in [6, 6.07) is 7.79. The molecule has 4 N–H and O–H groups in total. The van der Waals surface area contributed by atoms with Crippen molar-refractivity contribution in [3.05, 3.63) is 48.2 Å². The third-order valence-corrected chi connectivity index (χ3v) is 6.32. The highest BCUT2D eigenvalue weighted by Crippen LogP contribution is 2.36. The van der Waals surface area contributed by atoms with E-state index in [1.54, 1.807) is 29.3 Å². The molecular weight excluding hydrogens is 481 g/mol. The summed E-state index contributed by atoms with van der Waals surface area (Å²) in [5.74, 6) is 0.483. The van der Waals surface area contributed by atoms with Crippen LogP contribution in [0.5, 0.6) is 0 Å². The number of hydrogen-bond acceptors (Lipinski definition) is 9. The molecule has 37 heavy (non-hydrogen) atoms. The number of nitrogens with one attached hydrogen (secondary N) is 2. The van der Waals surface area contributed by atoms with Gasteiger partial charge < -0.3 is 35.1 Å². The molecule has 0 aliphatic carbocycles. The average Bonchev–Trinajstić information content (AvgIpc) is 3.38. The number of benzene rings is 1. The van der Waals surface area contributed by atoms with E-state index in [-0.39, 0.29) is 24.9 Å². The fourth-order valence-corrected chi connectivity index (χ4v) is 4.31. The normalized spacial score (nSPS) is 22.1. The second kappa shape index (κ2) is 10.9. The number of imidazole rings is 1. The number of nitrogens with zero attached hydrogens (tertiary/aromatic N) is 4. The number of carbonyl (C=O) groups excluding carboxylic acids is 1. The summed E-state index contributed by atoms with van der Waals surface area (Å²) in [5, 5.41) is 3.06. The van der Waals surface area contributed by atoms with Gasteiger partial charge in [-0.25, -0.2) is 19.3 Å². The molecular formula is C25H30FN7O4. The Balaban J connectivity index is 1.40. The Hall–Kier alpha value is -3.45. The van der Waals surface area contributed by atoms with E-state index in [0.29, 0.717) is 73.8 Å². The summed E-state index contributed by atoms with van der Waals surface area (Å²) in [5.41, 5.74) is 7.21. The fraction of sp³-hybridized carbons (Fsp3) is 0.440. The number of rotatable bonds is 7. The number of amides is 1. The predicted molar refractivity (Wildman–Crippen MR) is 133 cm³/mol. The van der Waals surface area contributed by atoms with Gasteiger partial charge in [0, 0.05) is 37.9 Å². The van der Waals surface area contributed by atoms with Gasteiger partial charge in [0.1, 0.15) is 5.82 Å². The number of H-pyrrole nitrogens is 1. The maximum absolute atomic E-state index is 13.6. The maximum atomic E-state index is 13.6. The molecule has 0 spiro atoms. The van der Waals surface area contributed by atoms with E-state index in [4.69, 9.17) is 24.9 Å². The molecule has 1 amide bonds. The predicted octanol–water partition coefficient (Wildman–Crippen LogP) is 1.95. The van der Waals surface area contributed by atoms with Crippen LogP contribution in [0.4, 0.5) is 10.3 Å². The number of aromatic amines is 1. The van der Waals surface area contributed by atoms with Gasteiger partial charge in [-0.05, 0) is 37.3 Å². The zero-order valence-electron chi connectivity index (χ0n) is 20.6. The van der Waals surface area contributed by atoms with E-state index in [1.165, 1.54) is 12.1 Å². The van der Waals surface area contributed by atoms with Crippen LogP contribution in [0.3, 0.4) is 0 Å². The molecule has 2 fully saturated rings. The second-order valence-corrected chi connectivity index (χ2v) is 9.25. The van der Waals surface area contributed by atoms with Crippen LogP contribution in [0.2, 0.25) is 0 Å². The largest absolute Gasteiger partial charge is 0.378 e. The number of hydrogen-bond donors (Lipinski definition) is 3. The van der Waals surface area contributed by atoms with E-state index in [1.807, 2.05) is 6.92 Å². The zero-order chi connectivity index (χ0) is 25.8. The Kier molecular flexibility index (Phi) is 7.42. The lowest BCUT2D eigenvalue weighted by molar-refractivity contribution is -0.235. The average molecular weight is 512 g/mol. The highest BCUT2D eigenvalue weighted by atomic mass is 19.1. The summed E-state index contributed by atoms with van der Waals surface area (Å²) in [6.07, 6.45) is 0.821. The summed E-state index contributed by atoms with van der Waals surface area (Å²) < 4.78 is 31.0. The first-order valence-electron chi connectivity index (χ1n) is 12.2. The van der Waals surface area contributed by atoms with Crippen LogP contribution in [0.25, 0.3) is 22.6 Å². The van der Waals surface area contributed by atoms with E-state index < -0.39 is 11.7 Å². The van der Waals surface area contributed by atoms with Gasteiger partial charge in [0.25, 0.3) is 0 Å². The van der Waals surface area contributed by atoms with Crippen LogP contribution in [0, 0.1) is 11.2 Å². The van der Waals surface area contributed by atoms with Crippen LogP contribution in [0.1, 0.15) is 19.0 Å². The first kappa shape index (κ1) is 25.2. The molecule has 2 aliphatic rings. The van der Waals surface area contributed by atoms with Crippen molar-refractivity contribution in [2.45, 2.75) is 13.2 Å². The van der Waals surface area contributed by atoms with E-state index >= 15 is 0 Å². The Morgan fingerprint density at radius 2 is 1.92 bits per heavy atom. The minimum Gasteiger partial charge on any atom is -0.378 e. The van der Waals surface area contributed by atoms with Gasteiger partial charge in [0.2, 0.25) is 18.1 Å². The number of anilines is 1. The minimum atomic E-state index is -0.810. The molecule has 3 aromatic rings. The first-order chi connectivity index (χ1) is 18.0. The van der Waals surface area contributed by atoms with Crippen molar-refractivity contribution < 1.29 is 23.4 Å². The molecule has 2 saturated heterocycles. The quantitative estimate of drug-likeness (QED) is 0.434. The van der Waals surface area contributed by atoms with Gasteiger partial charge in [-0.15, -0.1) is 0 Å². The molecule has 196 valence electrons. The molecule has 0 radical (unpaired) electrons. The van der Waals surface area contributed by atoms with Crippen LogP contribution in [-0.4, -0.2) is 83.3 Å². The Morgan fingerprint density at radius 1 is 1.19 bits per heavy atom. The Morgan fingerprint density at radius 3 is 2.62 bits per heavy atom. The van der Waals surface area contributed by atoms with E-state index in [0.717, 1.165) is 0 Å². The third-order valence-electron chi connectivity index (χ3n) is 6.32.